The van der Waals surface area contributed by atoms with Crippen LogP contribution in [0.2, 0.25) is 0 Å². The van der Waals surface area contributed by atoms with Gasteiger partial charge in [-0.1, -0.05) is 44.2 Å². The van der Waals surface area contributed by atoms with Gasteiger partial charge in [-0.05, 0) is 25.3 Å². The molecule has 3 atom stereocenters. The summed E-state index contributed by atoms with van der Waals surface area (Å²) >= 11 is 0. The second-order valence-electron chi connectivity index (χ2n) is 5.37. The first-order valence-corrected chi connectivity index (χ1v) is 7.02. The highest BCUT2D eigenvalue weighted by atomic mass is 16.5. The van der Waals surface area contributed by atoms with E-state index in [9.17, 15) is 5.11 Å². The van der Waals surface area contributed by atoms with Gasteiger partial charge in [-0.3, -0.25) is 0 Å². The van der Waals surface area contributed by atoms with Gasteiger partial charge in [-0.2, -0.15) is 0 Å². The number of aliphatic hydroxyl groups is 1. The van der Waals surface area contributed by atoms with Crippen molar-refractivity contribution in [3.63, 3.8) is 0 Å². The Morgan fingerprint density at radius 1 is 1.28 bits per heavy atom. The topological polar surface area (TPSA) is 29.5 Å². The van der Waals surface area contributed by atoms with Gasteiger partial charge in [0, 0.05) is 11.8 Å². The third-order valence-corrected chi connectivity index (χ3v) is 4.70. The SMILES string of the molecule is CCC1(CC)C(O)CC1OC(C)c1ccccc1. The Morgan fingerprint density at radius 3 is 2.39 bits per heavy atom. The maximum absolute atomic E-state index is 10.0. The lowest BCUT2D eigenvalue weighted by Crippen LogP contribution is -2.57. The van der Waals surface area contributed by atoms with E-state index in [1.807, 2.05) is 18.2 Å². The van der Waals surface area contributed by atoms with Crippen molar-refractivity contribution in [2.24, 2.45) is 5.41 Å². The molecule has 1 aliphatic carbocycles. The molecule has 0 radical (unpaired) electrons. The van der Waals surface area contributed by atoms with Gasteiger partial charge in [0.1, 0.15) is 0 Å². The molecule has 2 rings (SSSR count). The van der Waals surface area contributed by atoms with E-state index in [4.69, 9.17) is 4.74 Å². The molecule has 2 nitrogen and oxygen atoms in total. The van der Waals surface area contributed by atoms with Crippen molar-refractivity contribution in [2.45, 2.75) is 58.3 Å². The molecular formula is C16H24O2. The van der Waals surface area contributed by atoms with Gasteiger partial charge in [0.25, 0.3) is 0 Å². The lowest BCUT2D eigenvalue weighted by atomic mass is 9.60. The van der Waals surface area contributed by atoms with E-state index in [2.05, 4.69) is 32.9 Å². The molecule has 1 saturated carbocycles. The van der Waals surface area contributed by atoms with Gasteiger partial charge in [-0.25, -0.2) is 0 Å². The predicted octanol–water partition coefficient (Wildman–Crippen LogP) is 3.70. The van der Waals surface area contributed by atoms with Crippen LogP contribution in [0.25, 0.3) is 0 Å². The van der Waals surface area contributed by atoms with E-state index < -0.39 is 0 Å². The molecule has 0 saturated heterocycles. The van der Waals surface area contributed by atoms with Crippen LogP contribution in [-0.2, 0) is 4.74 Å². The van der Waals surface area contributed by atoms with Crippen LogP contribution in [0.5, 0.6) is 0 Å². The van der Waals surface area contributed by atoms with Gasteiger partial charge < -0.3 is 9.84 Å². The molecule has 3 unspecified atom stereocenters. The summed E-state index contributed by atoms with van der Waals surface area (Å²) in [6, 6.07) is 10.3. The van der Waals surface area contributed by atoms with Crippen molar-refractivity contribution in [1.82, 2.24) is 0 Å². The van der Waals surface area contributed by atoms with E-state index in [0.717, 1.165) is 19.3 Å². The summed E-state index contributed by atoms with van der Waals surface area (Å²) in [6.45, 7) is 6.39. The van der Waals surface area contributed by atoms with Crippen LogP contribution in [0.4, 0.5) is 0 Å². The Morgan fingerprint density at radius 2 is 1.89 bits per heavy atom. The quantitative estimate of drug-likeness (QED) is 0.861. The van der Waals surface area contributed by atoms with Gasteiger partial charge in [0.2, 0.25) is 0 Å². The molecule has 1 aliphatic rings. The van der Waals surface area contributed by atoms with E-state index in [0.29, 0.717) is 0 Å². The first-order valence-electron chi connectivity index (χ1n) is 7.02. The van der Waals surface area contributed by atoms with Crippen molar-refractivity contribution in [3.05, 3.63) is 35.9 Å². The fraction of sp³-hybridized carbons (Fsp3) is 0.625. The maximum atomic E-state index is 10.0. The Balaban J connectivity index is 2.02. The van der Waals surface area contributed by atoms with E-state index in [1.54, 1.807) is 0 Å². The second-order valence-corrected chi connectivity index (χ2v) is 5.37. The van der Waals surface area contributed by atoms with Crippen LogP contribution in [0.1, 0.15) is 51.7 Å². The van der Waals surface area contributed by atoms with Crippen molar-refractivity contribution in [1.29, 1.82) is 0 Å². The minimum atomic E-state index is -0.194. The molecule has 0 amide bonds. The Hall–Kier alpha value is -0.860. The van der Waals surface area contributed by atoms with Crippen LogP contribution < -0.4 is 0 Å². The lowest BCUT2D eigenvalue weighted by molar-refractivity contribution is -0.212. The zero-order valence-corrected chi connectivity index (χ0v) is 11.6. The summed E-state index contributed by atoms with van der Waals surface area (Å²) in [5.74, 6) is 0. The fourth-order valence-corrected chi connectivity index (χ4v) is 3.14. The fourth-order valence-electron chi connectivity index (χ4n) is 3.14. The third-order valence-electron chi connectivity index (χ3n) is 4.70. The first-order chi connectivity index (χ1) is 8.64. The van der Waals surface area contributed by atoms with E-state index in [1.165, 1.54) is 5.56 Å². The highest BCUT2D eigenvalue weighted by Gasteiger charge is 2.53. The number of rotatable bonds is 5. The maximum Gasteiger partial charge on any atom is 0.0800 e. The Labute approximate surface area is 110 Å². The molecule has 1 aromatic rings. The van der Waals surface area contributed by atoms with Crippen LogP contribution in [-0.4, -0.2) is 17.3 Å². The molecule has 1 aromatic carbocycles. The largest absolute Gasteiger partial charge is 0.392 e. The number of hydrogen-bond donors (Lipinski definition) is 1. The normalized spacial score (nSPS) is 27.6. The van der Waals surface area contributed by atoms with Gasteiger partial charge in [0.05, 0.1) is 18.3 Å². The Kier molecular flexibility index (Phi) is 4.08. The van der Waals surface area contributed by atoms with Crippen LogP contribution in [0.15, 0.2) is 30.3 Å². The molecule has 100 valence electrons. The number of hydrogen-bond acceptors (Lipinski definition) is 2. The van der Waals surface area contributed by atoms with Gasteiger partial charge in [-0.15, -0.1) is 0 Å². The number of aliphatic hydroxyl groups excluding tert-OH is 1. The molecule has 0 aromatic heterocycles. The van der Waals surface area contributed by atoms with Crippen LogP contribution >= 0.6 is 0 Å². The van der Waals surface area contributed by atoms with Gasteiger partial charge in [0.15, 0.2) is 0 Å². The molecule has 0 bridgehead atoms. The number of benzene rings is 1. The van der Waals surface area contributed by atoms with Crippen molar-refractivity contribution in [2.75, 3.05) is 0 Å². The summed E-state index contributed by atoms with van der Waals surface area (Å²) in [7, 11) is 0. The highest BCUT2D eigenvalue weighted by molar-refractivity contribution is 5.17. The molecule has 0 aliphatic heterocycles. The summed E-state index contributed by atoms with van der Waals surface area (Å²) in [4.78, 5) is 0. The standard InChI is InChI=1S/C16H24O2/c1-4-16(5-2)14(17)11-15(16)18-12(3)13-9-7-6-8-10-13/h6-10,12,14-15,17H,4-5,11H2,1-3H3. The summed E-state index contributed by atoms with van der Waals surface area (Å²) in [5.41, 5.74) is 1.18. The second kappa shape index (κ2) is 5.41. The Bertz CT molecular complexity index is 370. The molecule has 18 heavy (non-hydrogen) atoms. The summed E-state index contributed by atoms with van der Waals surface area (Å²) in [6.07, 6.45) is 2.84. The number of ether oxygens (including phenoxy) is 1. The third kappa shape index (κ3) is 2.19. The van der Waals surface area contributed by atoms with Crippen molar-refractivity contribution >= 4 is 0 Å². The van der Waals surface area contributed by atoms with E-state index >= 15 is 0 Å². The summed E-state index contributed by atoms with van der Waals surface area (Å²) < 4.78 is 6.18. The summed E-state index contributed by atoms with van der Waals surface area (Å²) in [5, 5.41) is 10.0. The van der Waals surface area contributed by atoms with E-state index in [-0.39, 0.29) is 23.7 Å². The minimum Gasteiger partial charge on any atom is -0.392 e. The minimum absolute atomic E-state index is 0.0248. The molecule has 0 spiro atoms. The highest BCUT2D eigenvalue weighted by Crippen LogP contribution is 2.50. The lowest BCUT2D eigenvalue weighted by Gasteiger charge is -2.53. The van der Waals surface area contributed by atoms with Crippen LogP contribution in [0, 0.1) is 5.41 Å². The molecule has 0 heterocycles. The molecular weight excluding hydrogens is 224 g/mol. The predicted molar refractivity (Wildman–Crippen MR) is 73.4 cm³/mol. The van der Waals surface area contributed by atoms with Crippen LogP contribution in [0.3, 0.4) is 0 Å². The first kappa shape index (κ1) is 13.6. The molecule has 2 heteroatoms. The molecule has 1 fully saturated rings. The zero-order valence-electron chi connectivity index (χ0n) is 11.6. The van der Waals surface area contributed by atoms with Crippen molar-refractivity contribution in [3.8, 4) is 0 Å². The average molecular weight is 248 g/mol. The monoisotopic (exact) mass is 248 g/mol. The zero-order chi connectivity index (χ0) is 13.2. The molecule has 1 N–H and O–H groups in total. The average Bonchev–Trinajstić information content (AvgIpc) is 2.40. The smallest absolute Gasteiger partial charge is 0.0800 e. The van der Waals surface area contributed by atoms with Crippen molar-refractivity contribution < 1.29 is 9.84 Å². The van der Waals surface area contributed by atoms with Gasteiger partial charge >= 0.3 is 0 Å².